The number of anilines is 1. The predicted molar refractivity (Wildman–Crippen MR) is 50.6 cm³/mol. The Morgan fingerprint density at radius 1 is 1.57 bits per heavy atom. The Morgan fingerprint density at radius 3 is 2.86 bits per heavy atom. The monoisotopic (exact) mass is 256 g/mol. The minimum atomic E-state index is -0.404. The van der Waals surface area contributed by atoms with Crippen LogP contribution in [0.1, 0.15) is 10.6 Å². The highest BCUT2D eigenvalue weighted by Gasteiger charge is 2.15. The van der Waals surface area contributed by atoms with Crippen molar-refractivity contribution in [1.82, 2.24) is 14.8 Å². The first kappa shape index (κ1) is 8.95. The van der Waals surface area contributed by atoms with Gasteiger partial charge < -0.3 is 10.2 Å². The SMILES string of the molecule is Nc1nncn1C(=O)c1ccc(Br)o1. The van der Waals surface area contributed by atoms with E-state index >= 15 is 0 Å². The average molecular weight is 257 g/mol. The Balaban J connectivity index is 2.38. The first-order valence-corrected chi connectivity index (χ1v) is 4.43. The number of nitrogens with zero attached hydrogens (tertiary/aromatic N) is 3. The molecule has 2 N–H and O–H groups in total. The zero-order chi connectivity index (χ0) is 10.1. The van der Waals surface area contributed by atoms with Crippen LogP contribution in [0.2, 0.25) is 0 Å². The number of furan rings is 1. The molecular formula is C7H5BrN4O2. The molecule has 0 spiro atoms. The molecule has 0 bridgehead atoms. The molecule has 2 heterocycles. The van der Waals surface area contributed by atoms with Crippen molar-refractivity contribution >= 4 is 27.8 Å². The van der Waals surface area contributed by atoms with Crippen LogP contribution >= 0.6 is 15.9 Å². The molecule has 2 aromatic rings. The third-order valence-electron chi connectivity index (χ3n) is 1.58. The quantitative estimate of drug-likeness (QED) is 0.820. The Labute approximate surface area is 86.8 Å². The molecule has 0 fully saturated rings. The largest absolute Gasteiger partial charge is 0.444 e. The summed E-state index contributed by atoms with van der Waals surface area (Å²) in [6, 6.07) is 3.15. The minimum absolute atomic E-state index is 0.0301. The molecule has 14 heavy (non-hydrogen) atoms. The van der Waals surface area contributed by atoms with Gasteiger partial charge in [-0.3, -0.25) is 4.79 Å². The number of hydrogen-bond donors (Lipinski definition) is 1. The van der Waals surface area contributed by atoms with Gasteiger partial charge in [0.25, 0.3) is 0 Å². The summed E-state index contributed by atoms with van der Waals surface area (Å²) in [5.74, 6) is -0.205. The van der Waals surface area contributed by atoms with Crippen molar-refractivity contribution in [2.24, 2.45) is 0 Å². The van der Waals surface area contributed by atoms with Gasteiger partial charge in [0.15, 0.2) is 10.4 Å². The lowest BCUT2D eigenvalue weighted by molar-refractivity contribution is 0.0933. The zero-order valence-corrected chi connectivity index (χ0v) is 8.43. The summed E-state index contributed by atoms with van der Waals surface area (Å²) < 4.78 is 6.64. The standard InChI is InChI=1S/C7H5BrN4O2/c8-5-2-1-4(14-5)6(13)12-3-10-11-7(12)9/h1-3H,(H2,9,11). The van der Waals surface area contributed by atoms with Gasteiger partial charge in [0.1, 0.15) is 6.33 Å². The number of aromatic nitrogens is 3. The molecule has 0 amide bonds. The molecule has 2 rings (SSSR count). The second-order valence-electron chi connectivity index (χ2n) is 2.47. The van der Waals surface area contributed by atoms with Crippen molar-refractivity contribution in [2.75, 3.05) is 5.73 Å². The van der Waals surface area contributed by atoms with Crippen LogP contribution in [0.25, 0.3) is 0 Å². The molecule has 0 radical (unpaired) electrons. The number of nitrogen functional groups attached to an aromatic ring is 1. The highest BCUT2D eigenvalue weighted by atomic mass is 79.9. The second-order valence-corrected chi connectivity index (χ2v) is 3.25. The lowest BCUT2D eigenvalue weighted by atomic mass is 10.4. The number of carbonyl (C=O) groups is 1. The van der Waals surface area contributed by atoms with Gasteiger partial charge in [-0.1, -0.05) is 0 Å². The van der Waals surface area contributed by atoms with Crippen LogP contribution in [0, 0.1) is 0 Å². The average Bonchev–Trinajstić information content (AvgIpc) is 2.73. The Bertz CT molecular complexity index is 475. The van der Waals surface area contributed by atoms with E-state index in [0.717, 1.165) is 4.57 Å². The van der Waals surface area contributed by atoms with Crippen LogP contribution in [0.3, 0.4) is 0 Å². The van der Waals surface area contributed by atoms with Crippen molar-refractivity contribution in [3.05, 3.63) is 28.9 Å². The van der Waals surface area contributed by atoms with Gasteiger partial charge in [-0.15, -0.1) is 10.2 Å². The summed E-state index contributed by atoms with van der Waals surface area (Å²) in [6.07, 6.45) is 1.23. The summed E-state index contributed by atoms with van der Waals surface area (Å²) in [5, 5.41) is 6.98. The van der Waals surface area contributed by atoms with E-state index in [-0.39, 0.29) is 11.7 Å². The summed E-state index contributed by atoms with van der Waals surface area (Å²) in [4.78, 5) is 11.6. The molecule has 0 aliphatic rings. The fraction of sp³-hybridized carbons (Fsp3) is 0. The summed E-state index contributed by atoms with van der Waals surface area (Å²) in [7, 11) is 0. The summed E-state index contributed by atoms with van der Waals surface area (Å²) in [5.41, 5.74) is 5.40. The molecule has 0 aromatic carbocycles. The molecule has 7 heteroatoms. The molecule has 0 aliphatic carbocycles. The van der Waals surface area contributed by atoms with Gasteiger partial charge in [-0.25, -0.2) is 4.57 Å². The van der Waals surface area contributed by atoms with Gasteiger partial charge in [-0.2, -0.15) is 0 Å². The van der Waals surface area contributed by atoms with Gasteiger partial charge in [-0.05, 0) is 28.1 Å². The van der Waals surface area contributed by atoms with Crippen LogP contribution in [-0.2, 0) is 0 Å². The first-order chi connectivity index (χ1) is 6.68. The lowest BCUT2D eigenvalue weighted by Gasteiger charge is -1.97. The summed E-state index contributed by atoms with van der Waals surface area (Å²) in [6.45, 7) is 0. The van der Waals surface area contributed by atoms with E-state index in [1.807, 2.05) is 0 Å². The number of rotatable bonds is 1. The first-order valence-electron chi connectivity index (χ1n) is 3.64. The molecule has 0 saturated heterocycles. The Hall–Kier alpha value is -1.63. The van der Waals surface area contributed by atoms with Crippen molar-refractivity contribution < 1.29 is 9.21 Å². The molecule has 0 unspecified atom stereocenters. The van der Waals surface area contributed by atoms with Crippen molar-refractivity contribution in [3.8, 4) is 0 Å². The fourth-order valence-electron chi connectivity index (χ4n) is 0.948. The van der Waals surface area contributed by atoms with E-state index in [2.05, 4.69) is 26.1 Å². The van der Waals surface area contributed by atoms with Crippen molar-refractivity contribution in [1.29, 1.82) is 0 Å². The highest BCUT2D eigenvalue weighted by Crippen LogP contribution is 2.15. The number of hydrogen-bond acceptors (Lipinski definition) is 5. The third-order valence-corrected chi connectivity index (χ3v) is 2.00. The maximum atomic E-state index is 11.6. The van der Waals surface area contributed by atoms with Crippen LogP contribution in [0.5, 0.6) is 0 Å². The maximum absolute atomic E-state index is 11.6. The van der Waals surface area contributed by atoms with Gasteiger partial charge >= 0.3 is 5.91 Å². The van der Waals surface area contributed by atoms with E-state index in [4.69, 9.17) is 10.2 Å². The van der Waals surface area contributed by atoms with Gasteiger partial charge in [0.2, 0.25) is 5.95 Å². The van der Waals surface area contributed by atoms with E-state index in [1.165, 1.54) is 12.4 Å². The molecule has 0 aliphatic heterocycles. The van der Waals surface area contributed by atoms with E-state index in [9.17, 15) is 4.79 Å². The predicted octanol–water partition coefficient (Wildman–Crippen LogP) is 0.904. The Kier molecular flexibility index (Phi) is 2.08. The van der Waals surface area contributed by atoms with Gasteiger partial charge in [0, 0.05) is 0 Å². The maximum Gasteiger partial charge on any atom is 0.301 e. The number of nitrogens with two attached hydrogens (primary N) is 1. The van der Waals surface area contributed by atoms with E-state index < -0.39 is 5.91 Å². The highest BCUT2D eigenvalue weighted by molar-refractivity contribution is 9.10. The normalized spacial score (nSPS) is 10.4. The van der Waals surface area contributed by atoms with Crippen LogP contribution < -0.4 is 5.73 Å². The van der Waals surface area contributed by atoms with Crippen molar-refractivity contribution in [3.63, 3.8) is 0 Å². The molecule has 0 saturated carbocycles. The van der Waals surface area contributed by atoms with E-state index in [1.54, 1.807) is 6.07 Å². The zero-order valence-electron chi connectivity index (χ0n) is 6.85. The minimum Gasteiger partial charge on any atom is -0.444 e. The van der Waals surface area contributed by atoms with Crippen LogP contribution in [-0.4, -0.2) is 20.7 Å². The van der Waals surface area contributed by atoms with Gasteiger partial charge in [0.05, 0.1) is 0 Å². The topological polar surface area (TPSA) is 86.9 Å². The molecule has 6 nitrogen and oxygen atoms in total. The molecular weight excluding hydrogens is 252 g/mol. The smallest absolute Gasteiger partial charge is 0.301 e. The second kappa shape index (κ2) is 3.26. The molecule has 0 atom stereocenters. The molecule has 2 aromatic heterocycles. The fourth-order valence-corrected chi connectivity index (χ4v) is 1.25. The summed E-state index contributed by atoms with van der Waals surface area (Å²) >= 11 is 3.09. The molecule has 72 valence electrons. The van der Waals surface area contributed by atoms with Crippen LogP contribution in [0.15, 0.2) is 27.5 Å². The third kappa shape index (κ3) is 1.41. The van der Waals surface area contributed by atoms with Crippen molar-refractivity contribution in [2.45, 2.75) is 0 Å². The lowest BCUT2D eigenvalue weighted by Crippen LogP contribution is -2.12. The van der Waals surface area contributed by atoms with Crippen LogP contribution in [0.4, 0.5) is 5.95 Å². The Morgan fingerprint density at radius 2 is 2.36 bits per heavy atom. The number of carbonyl (C=O) groups excluding carboxylic acids is 1. The van der Waals surface area contributed by atoms with E-state index in [0.29, 0.717) is 4.67 Å². The number of halogens is 1.